The molecule has 4 aliphatic rings. The van der Waals surface area contributed by atoms with Gasteiger partial charge in [0.25, 0.3) is 0 Å². The van der Waals surface area contributed by atoms with Crippen molar-refractivity contribution in [2.45, 2.75) is 153 Å². The van der Waals surface area contributed by atoms with E-state index in [0.29, 0.717) is 75.4 Å². The second-order valence-corrected chi connectivity index (χ2v) is 18.0. The van der Waals surface area contributed by atoms with Gasteiger partial charge in [-0.2, -0.15) is 0 Å². The second kappa shape index (κ2) is 30.7. The highest BCUT2D eigenvalue weighted by Crippen LogP contribution is 2.35. The van der Waals surface area contributed by atoms with Crippen molar-refractivity contribution in [1.82, 2.24) is 20.4 Å². The smallest absolute Gasteiger partial charge is 0.335 e. The zero-order chi connectivity index (χ0) is 49.3. The van der Waals surface area contributed by atoms with E-state index in [1.807, 2.05) is 36.4 Å². The van der Waals surface area contributed by atoms with Gasteiger partial charge in [-0.15, -0.1) is 0 Å². The fourth-order valence-corrected chi connectivity index (χ4v) is 8.49. The maximum atomic E-state index is 12.5. The monoisotopic (exact) mass is 959 g/mol. The lowest BCUT2D eigenvalue weighted by Gasteiger charge is -2.29. The van der Waals surface area contributed by atoms with Crippen LogP contribution in [-0.4, -0.2) is 154 Å². The predicted octanol–water partition coefficient (Wildman–Crippen LogP) is 4.74. The Bertz CT molecular complexity index is 1690. The molecule has 382 valence electrons. The van der Waals surface area contributed by atoms with Crippen LogP contribution in [0.3, 0.4) is 0 Å². The number of aliphatic carboxylic acids is 2. The summed E-state index contributed by atoms with van der Waals surface area (Å²) >= 11 is 0. The fraction of sp³-hybridized carbons (Fsp3) is 0.680. The highest BCUT2D eigenvalue weighted by Gasteiger charge is 2.31. The number of benzene rings is 2. The van der Waals surface area contributed by atoms with Gasteiger partial charge in [-0.3, -0.25) is 9.59 Å². The number of nitrogens with zero attached hydrogens (tertiary/aromatic N) is 2. The molecule has 2 aromatic carbocycles. The number of likely N-dealkylation sites (tertiary alicyclic amines) is 2. The van der Waals surface area contributed by atoms with Crippen LogP contribution < -0.4 is 29.6 Å². The SMILES string of the molecule is CCCCCCCC(=O)NC(CN1CCCC1)C(O)c1ccc2c(c1)OCCO2.CCCCCCCC(=O)NC(CN1CCCC1)C(O)c1ccc2c(c1)OCCO2.O=C(O)C(O)C(O)C(=O)O. The standard InChI is InChI=1S/2C23H36N2O4.C4H6O6/c2*1-2-3-4-5-6-9-22(26)24-19(17-25-12-7-8-13-25)23(27)18-10-11-20-21(16-18)29-15-14-28-20;5-1(3(7)8)2(6)4(9)10/h2*10-11,16,19,23,27H,2-9,12-15,17H2,1H3,(H,24,26);1-2,5-6H,(H,7,8)(H,9,10). The first kappa shape index (κ1) is 55.9. The van der Waals surface area contributed by atoms with Gasteiger partial charge in [0.1, 0.15) is 38.6 Å². The number of aliphatic hydroxyl groups is 4. The Morgan fingerprint density at radius 2 is 0.853 bits per heavy atom. The maximum absolute atomic E-state index is 12.5. The van der Waals surface area contributed by atoms with Crippen LogP contribution >= 0.6 is 0 Å². The summed E-state index contributed by atoms with van der Waals surface area (Å²) in [5.41, 5.74) is 1.50. The van der Waals surface area contributed by atoms with Crippen LogP contribution in [0.25, 0.3) is 0 Å². The number of unbranched alkanes of at least 4 members (excludes halogenated alkanes) is 8. The molecule has 0 saturated carbocycles. The summed E-state index contributed by atoms with van der Waals surface area (Å²) in [6.07, 6.45) is 10.9. The first-order valence-electron chi connectivity index (χ1n) is 24.8. The number of amides is 2. The van der Waals surface area contributed by atoms with Crippen molar-refractivity contribution in [3.8, 4) is 23.0 Å². The molecule has 0 spiro atoms. The van der Waals surface area contributed by atoms with E-state index in [0.717, 1.165) is 63.0 Å². The van der Waals surface area contributed by atoms with E-state index in [4.69, 9.17) is 39.4 Å². The van der Waals surface area contributed by atoms with E-state index in [1.54, 1.807) is 0 Å². The molecule has 0 aliphatic carbocycles. The molecule has 4 heterocycles. The molecule has 6 atom stereocenters. The van der Waals surface area contributed by atoms with E-state index in [9.17, 15) is 29.4 Å². The van der Waals surface area contributed by atoms with Gasteiger partial charge in [0, 0.05) is 25.9 Å². The summed E-state index contributed by atoms with van der Waals surface area (Å²) in [4.78, 5) is 49.3. The lowest BCUT2D eigenvalue weighted by atomic mass is 10.0. The lowest BCUT2D eigenvalue weighted by molar-refractivity contribution is -0.165. The maximum Gasteiger partial charge on any atom is 0.335 e. The number of carboxylic acid groups (broad SMARTS) is 2. The van der Waals surface area contributed by atoms with Gasteiger partial charge in [0.15, 0.2) is 35.2 Å². The van der Waals surface area contributed by atoms with E-state index in [2.05, 4.69) is 34.3 Å². The van der Waals surface area contributed by atoms with E-state index < -0.39 is 36.4 Å². The number of aliphatic hydroxyl groups excluding tert-OH is 4. The Balaban J connectivity index is 0.000000248. The molecular weight excluding hydrogens is 881 g/mol. The average molecular weight is 959 g/mol. The number of fused-ring (bicyclic) bond motifs is 2. The van der Waals surface area contributed by atoms with Crippen molar-refractivity contribution in [2.75, 3.05) is 65.7 Å². The summed E-state index contributed by atoms with van der Waals surface area (Å²) in [7, 11) is 0. The molecule has 2 saturated heterocycles. The minimum atomic E-state index is -2.27. The topological polar surface area (TPSA) is 257 Å². The number of rotatable bonds is 25. The molecule has 68 heavy (non-hydrogen) atoms. The molecule has 2 fully saturated rings. The van der Waals surface area contributed by atoms with Crippen LogP contribution in [0.15, 0.2) is 36.4 Å². The Kier molecular flexibility index (Phi) is 25.2. The first-order chi connectivity index (χ1) is 32.8. The molecule has 18 heteroatoms. The summed E-state index contributed by atoms with van der Waals surface area (Å²) < 4.78 is 22.5. The molecule has 0 radical (unpaired) electrons. The number of nitrogens with one attached hydrogen (secondary N) is 2. The van der Waals surface area contributed by atoms with Crippen LogP contribution in [0.5, 0.6) is 23.0 Å². The Morgan fingerprint density at radius 1 is 0.515 bits per heavy atom. The van der Waals surface area contributed by atoms with Gasteiger partial charge < -0.3 is 70.0 Å². The summed E-state index contributed by atoms with van der Waals surface area (Å²) in [5, 5.41) is 60.9. The molecular formula is C50H78N4O14. The van der Waals surface area contributed by atoms with Gasteiger partial charge in [0.2, 0.25) is 11.8 Å². The van der Waals surface area contributed by atoms with Crippen LogP contribution in [0.2, 0.25) is 0 Å². The van der Waals surface area contributed by atoms with Crippen molar-refractivity contribution in [3.63, 3.8) is 0 Å². The molecule has 4 aliphatic heterocycles. The molecule has 2 aromatic rings. The molecule has 6 rings (SSSR count). The number of carboxylic acids is 2. The normalized spacial score (nSPS) is 18.0. The zero-order valence-corrected chi connectivity index (χ0v) is 40.2. The van der Waals surface area contributed by atoms with E-state index in [1.165, 1.54) is 64.2 Å². The van der Waals surface area contributed by atoms with Crippen molar-refractivity contribution in [2.24, 2.45) is 0 Å². The Labute approximate surface area is 401 Å². The third-order valence-electron chi connectivity index (χ3n) is 12.4. The second-order valence-electron chi connectivity index (χ2n) is 18.0. The molecule has 0 bridgehead atoms. The number of carbonyl (C=O) groups is 4. The molecule has 0 aromatic heterocycles. The largest absolute Gasteiger partial charge is 0.486 e. The highest BCUT2D eigenvalue weighted by atomic mass is 16.6. The average Bonchev–Trinajstić information content (AvgIpc) is 4.08. The number of hydrogen-bond donors (Lipinski definition) is 8. The van der Waals surface area contributed by atoms with Gasteiger partial charge in [0.05, 0.1) is 12.1 Å². The summed E-state index contributed by atoms with van der Waals surface area (Å²) in [6.45, 7) is 11.9. The molecule has 18 nitrogen and oxygen atoms in total. The number of carbonyl (C=O) groups excluding carboxylic acids is 2. The quantitative estimate of drug-likeness (QED) is 0.0626. The van der Waals surface area contributed by atoms with Crippen molar-refractivity contribution in [1.29, 1.82) is 0 Å². The fourth-order valence-electron chi connectivity index (χ4n) is 8.49. The van der Waals surface area contributed by atoms with Gasteiger partial charge in [-0.25, -0.2) is 9.59 Å². The molecule has 2 amide bonds. The highest BCUT2D eigenvalue weighted by molar-refractivity contribution is 5.83. The lowest BCUT2D eigenvalue weighted by Crippen LogP contribution is -2.46. The zero-order valence-electron chi connectivity index (χ0n) is 40.2. The van der Waals surface area contributed by atoms with Crippen molar-refractivity contribution in [3.05, 3.63) is 47.5 Å². The predicted molar refractivity (Wildman–Crippen MR) is 254 cm³/mol. The summed E-state index contributed by atoms with van der Waals surface area (Å²) in [6, 6.07) is 10.4. The van der Waals surface area contributed by atoms with Gasteiger partial charge >= 0.3 is 11.9 Å². The minimum absolute atomic E-state index is 0.0299. The van der Waals surface area contributed by atoms with Crippen molar-refractivity contribution >= 4 is 23.8 Å². The van der Waals surface area contributed by atoms with Crippen LogP contribution in [-0.2, 0) is 19.2 Å². The van der Waals surface area contributed by atoms with E-state index in [-0.39, 0.29) is 23.9 Å². The molecule has 6 unspecified atom stereocenters. The third kappa shape index (κ3) is 19.3. The first-order valence-corrected chi connectivity index (χ1v) is 24.8. The number of ether oxygens (including phenoxy) is 4. The minimum Gasteiger partial charge on any atom is -0.486 e. The Morgan fingerprint density at radius 3 is 1.19 bits per heavy atom. The van der Waals surface area contributed by atoms with Crippen LogP contribution in [0.4, 0.5) is 0 Å². The van der Waals surface area contributed by atoms with Crippen molar-refractivity contribution < 1.29 is 68.8 Å². The van der Waals surface area contributed by atoms with Gasteiger partial charge in [-0.1, -0.05) is 77.3 Å². The molecule has 8 N–H and O–H groups in total. The summed E-state index contributed by atoms with van der Waals surface area (Å²) in [5.74, 6) is -0.738. The third-order valence-corrected chi connectivity index (χ3v) is 12.4. The van der Waals surface area contributed by atoms with Crippen LogP contribution in [0.1, 0.15) is 140 Å². The van der Waals surface area contributed by atoms with E-state index >= 15 is 0 Å². The number of hydrogen-bond acceptors (Lipinski definition) is 14. The Hall–Kier alpha value is -4.72. The van der Waals surface area contributed by atoms with Crippen LogP contribution in [0, 0.1) is 0 Å². The van der Waals surface area contributed by atoms with Gasteiger partial charge in [-0.05, 0) is 100 Å².